The molecule has 7 nitrogen and oxygen atoms in total. The number of hydrogen-bond donors (Lipinski definition) is 1. The topological polar surface area (TPSA) is 101 Å². The lowest BCUT2D eigenvalue weighted by Gasteiger charge is -2.42. The number of nitrogens with zero attached hydrogens (tertiary/aromatic N) is 1. The average Bonchev–Trinajstić information content (AvgIpc) is 3.16. The third-order valence-electron chi connectivity index (χ3n) is 8.11. The second-order valence-electron chi connectivity index (χ2n) is 10.0. The van der Waals surface area contributed by atoms with Crippen LogP contribution in [0, 0.1) is 17.8 Å². The van der Waals surface area contributed by atoms with E-state index in [9.17, 15) is 24.3 Å². The van der Waals surface area contributed by atoms with Crippen molar-refractivity contribution in [3.8, 4) is 11.5 Å². The van der Waals surface area contributed by atoms with E-state index < -0.39 is 23.7 Å². The van der Waals surface area contributed by atoms with E-state index >= 15 is 0 Å². The molecular formula is C30H25NO6. The van der Waals surface area contributed by atoms with Gasteiger partial charge in [0, 0.05) is 34.3 Å². The number of carbonyl (C=O) groups excluding carboxylic acids is 4. The number of fused-ring (bicyclic) bond motifs is 3. The number of ether oxygens (including phenoxy) is 1. The van der Waals surface area contributed by atoms with E-state index in [1.54, 1.807) is 37.3 Å². The number of rotatable bonds is 3. The van der Waals surface area contributed by atoms with Crippen LogP contribution >= 0.6 is 0 Å². The molecular weight excluding hydrogens is 470 g/mol. The smallest absolute Gasteiger partial charge is 0.238 e. The van der Waals surface area contributed by atoms with Crippen LogP contribution in [-0.2, 0) is 19.2 Å². The summed E-state index contributed by atoms with van der Waals surface area (Å²) in [7, 11) is 1.48. The Balaban J connectivity index is 1.52. The highest BCUT2D eigenvalue weighted by Gasteiger charge is 2.56. The monoisotopic (exact) mass is 495 g/mol. The Morgan fingerprint density at radius 3 is 2.46 bits per heavy atom. The Bertz CT molecular complexity index is 1480. The fourth-order valence-corrected chi connectivity index (χ4v) is 6.49. The molecule has 37 heavy (non-hydrogen) atoms. The fraction of sp³-hybridized carbons (Fsp3) is 0.267. The largest absolute Gasteiger partial charge is 0.508 e. The standard InChI is InChI=1S/C30H25NO6/c1-15-12-23(33)22-14-21-18(25(27(22)28(15)34)19-9-8-17(32)13-24(19)37-2)10-11-20-26(21)30(36)31(29(20)35)16-6-4-3-5-7-16/h3-10,12-13,20-21,25-26,32H,11,14H2,1-2H3. The molecule has 0 radical (unpaired) electrons. The lowest BCUT2D eigenvalue weighted by atomic mass is 9.59. The lowest BCUT2D eigenvalue weighted by Crippen LogP contribution is -2.40. The quantitative estimate of drug-likeness (QED) is 0.392. The molecule has 1 N–H and O–H groups in total. The van der Waals surface area contributed by atoms with Crippen molar-refractivity contribution >= 4 is 29.1 Å². The maximum Gasteiger partial charge on any atom is 0.238 e. The first kappa shape index (κ1) is 23.2. The SMILES string of the molecule is COc1cc(O)ccc1C1C2=CCC3C(=O)N(c4ccccc4)C(=O)C3C2CC2=C1C(=O)C(C)=CC2=O. The van der Waals surface area contributed by atoms with E-state index in [1.807, 2.05) is 12.1 Å². The number of imide groups is 1. The molecule has 1 aliphatic heterocycles. The molecule has 1 heterocycles. The van der Waals surface area contributed by atoms with Gasteiger partial charge in [0.05, 0.1) is 24.6 Å². The maximum absolute atomic E-state index is 13.8. The summed E-state index contributed by atoms with van der Waals surface area (Å²) in [6.45, 7) is 1.63. The van der Waals surface area contributed by atoms with Crippen LogP contribution < -0.4 is 9.64 Å². The van der Waals surface area contributed by atoms with Crippen molar-refractivity contribution in [2.45, 2.75) is 25.7 Å². The maximum atomic E-state index is 13.8. The Hall–Kier alpha value is -4.26. The molecule has 1 saturated heterocycles. The molecule has 4 unspecified atom stereocenters. The van der Waals surface area contributed by atoms with Crippen molar-refractivity contribution in [2.24, 2.45) is 17.8 Å². The zero-order chi connectivity index (χ0) is 26.0. The average molecular weight is 496 g/mol. The molecule has 1 fully saturated rings. The summed E-state index contributed by atoms with van der Waals surface area (Å²) < 4.78 is 5.58. The van der Waals surface area contributed by atoms with Gasteiger partial charge in [-0.1, -0.05) is 35.9 Å². The van der Waals surface area contributed by atoms with Crippen LogP contribution in [0.15, 0.2) is 83.0 Å². The minimum Gasteiger partial charge on any atom is -0.508 e. The summed E-state index contributed by atoms with van der Waals surface area (Å²) in [5.41, 5.74) is 3.15. The first-order valence-electron chi connectivity index (χ1n) is 12.3. The third kappa shape index (κ3) is 3.34. The zero-order valence-corrected chi connectivity index (χ0v) is 20.4. The zero-order valence-electron chi connectivity index (χ0n) is 20.4. The Morgan fingerprint density at radius 2 is 1.73 bits per heavy atom. The van der Waals surface area contributed by atoms with Crippen molar-refractivity contribution in [1.29, 1.82) is 0 Å². The Kier molecular flexibility index (Phi) is 5.26. The summed E-state index contributed by atoms with van der Waals surface area (Å²) in [6, 6.07) is 13.6. The van der Waals surface area contributed by atoms with Crippen LogP contribution in [0.5, 0.6) is 11.5 Å². The summed E-state index contributed by atoms with van der Waals surface area (Å²) in [5.74, 6) is -2.79. The molecule has 7 heteroatoms. The van der Waals surface area contributed by atoms with Gasteiger partial charge in [-0.3, -0.25) is 24.1 Å². The molecule has 0 aromatic heterocycles. The third-order valence-corrected chi connectivity index (χ3v) is 8.11. The van der Waals surface area contributed by atoms with E-state index in [2.05, 4.69) is 0 Å². The summed E-state index contributed by atoms with van der Waals surface area (Å²) in [4.78, 5) is 55.2. The molecule has 4 aliphatic rings. The Labute approximate surface area is 213 Å². The van der Waals surface area contributed by atoms with E-state index in [0.29, 0.717) is 40.1 Å². The van der Waals surface area contributed by atoms with Gasteiger partial charge >= 0.3 is 0 Å². The van der Waals surface area contributed by atoms with Crippen molar-refractivity contribution in [1.82, 2.24) is 0 Å². The number of phenols is 1. The van der Waals surface area contributed by atoms with Gasteiger partial charge in [0.15, 0.2) is 11.6 Å². The van der Waals surface area contributed by atoms with Gasteiger partial charge in [-0.25, -0.2) is 0 Å². The van der Waals surface area contributed by atoms with Crippen molar-refractivity contribution in [3.63, 3.8) is 0 Å². The molecule has 0 saturated carbocycles. The number of aromatic hydroxyl groups is 1. The predicted molar refractivity (Wildman–Crippen MR) is 135 cm³/mol. The van der Waals surface area contributed by atoms with Crippen molar-refractivity contribution < 1.29 is 29.0 Å². The molecule has 0 bridgehead atoms. The van der Waals surface area contributed by atoms with Crippen LogP contribution in [0.3, 0.4) is 0 Å². The molecule has 0 spiro atoms. The van der Waals surface area contributed by atoms with Gasteiger partial charge in [-0.05, 0) is 50.0 Å². The van der Waals surface area contributed by atoms with Crippen LogP contribution in [-0.4, -0.2) is 35.6 Å². The second-order valence-corrected chi connectivity index (χ2v) is 10.0. The molecule has 4 atom stereocenters. The van der Waals surface area contributed by atoms with Gasteiger partial charge in [-0.2, -0.15) is 0 Å². The number of carbonyl (C=O) groups is 4. The predicted octanol–water partition coefficient (Wildman–Crippen LogP) is 4.03. The van der Waals surface area contributed by atoms with Crippen molar-refractivity contribution in [2.75, 3.05) is 12.0 Å². The van der Waals surface area contributed by atoms with Crippen molar-refractivity contribution in [3.05, 3.63) is 88.5 Å². The highest BCUT2D eigenvalue weighted by molar-refractivity contribution is 6.25. The first-order chi connectivity index (χ1) is 17.8. The first-order valence-corrected chi connectivity index (χ1v) is 12.3. The number of anilines is 1. The summed E-state index contributed by atoms with van der Waals surface area (Å²) >= 11 is 0. The molecule has 186 valence electrons. The minimum atomic E-state index is -0.637. The van der Waals surface area contributed by atoms with Gasteiger partial charge < -0.3 is 9.84 Å². The number of methoxy groups -OCH3 is 1. The van der Waals surface area contributed by atoms with E-state index in [4.69, 9.17) is 4.74 Å². The Morgan fingerprint density at radius 1 is 0.973 bits per heavy atom. The van der Waals surface area contributed by atoms with E-state index in [1.165, 1.54) is 30.2 Å². The summed E-state index contributed by atoms with van der Waals surface area (Å²) in [5, 5.41) is 10.1. The highest BCUT2D eigenvalue weighted by Crippen LogP contribution is 2.56. The van der Waals surface area contributed by atoms with E-state index in [0.717, 1.165) is 5.57 Å². The minimum absolute atomic E-state index is 0.0112. The van der Waals surface area contributed by atoms with Gasteiger partial charge in [0.2, 0.25) is 11.8 Å². The summed E-state index contributed by atoms with van der Waals surface area (Å²) in [6.07, 6.45) is 3.91. The van der Waals surface area contributed by atoms with Crippen LogP contribution in [0.4, 0.5) is 5.69 Å². The fourth-order valence-electron chi connectivity index (χ4n) is 6.49. The van der Waals surface area contributed by atoms with Gasteiger partial charge in [-0.15, -0.1) is 0 Å². The number of amides is 2. The number of allylic oxidation sites excluding steroid dienone is 6. The molecule has 2 aromatic carbocycles. The normalized spacial score (nSPS) is 26.9. The molecule has 2 aromatic rings. The molecule has 6 rings (SSSR count). The second kappa shape index (κ2) is 8.40. The van der Waals surface area contributed by atoms with Gasteiger partial charge in [0.1, 0.15) is 11.5 Å². The van der Waals surface area contributed by atoms with Crippen LogP contribution in [0.1, 0.15) is 31.2 Å². The number of hydrogen-bond acceptors (Lipinski definition) is 6. The molecule has 3 aliphatic carbocycles. The van der Waals surface area contributed by atoms with Crippen LogP contribution in [0.25, 0.3) is 0 Å². The molecule has 2 amide bonds. The number of Topliss-reactive ketones (excluding diaryl/α,β-unsaturated/α-hetero) is 1. The van der Waals surface area contributed by atoms with Gasteiger partial charge in [0.25, 0.3) is 0 Å². The number of benzene rings is 2. The highest BCUT2D eigenvalue weighted by atomic mass is 16.5. The number of phenolic OH excluding ortho intramolecular Hbond substituents is 1. The number of ketones is 2. The van der Waals surface area contributed by atoms with E-state index in [-0.39, 0.29) is 35.6 Å². The number of para-hydroxylation sites is 1. The lowest BCUT2D eigenvalue weighted by molar-refractivity contribution is -0.123. The van der Waals surface area contributed by atoms with Crippen LogP contribution in [0.2, 0.25) is 0 Å².